The van der Waals surface area contributed by atoms with Crippen molar-refractivity contribution in [3.63, 3.8) is 0 Å². The summed E-state index contributed by atoms with van der Waals surface area (Å²) in [5.74, 6) is -0.868. The molecule has 1 aliphatic heterocycles. The number of nitrogens with zero attached hydrogens (tertiary/aromatic N) is 2. The highest BCUT2D eigenvalue weighted by molar-refractivity contribution is 5.90. The summed E-state index contributed by atoms with van der Waals surface area (Å²) in [6, 6.07) is 3.33. The molecule has 4 rings (SSSR count). The smallest absolute Gasteiger partial charge is 0.362 e. The van der Waals surface area contributed by atoms with Crippen LogP contribution in [0.1, 0.15) is 46.7 Å². The number of halogens is 1. The van der Waals surface area contributed by atoms with Gasteiger partial charge in [-0.25, -0.2) is 9.18 Å². The number of pyridine rings is 2. The first-order chi connectivity index (χ1) is 12.5. The van der Waals surface area contributed by atoms with Crippen molar-refractivity contribution in [2.24, 2.45) is 0 Å². The van der Waals surface area contributed by atoms with Crippen LogP contribution in [0.5, 0.6) is 0 Å². The van der Waals surface area contributed by atoms with Gasteiger partial charge < -0.3 is 10.2 Å². The van der Waals surface area contributed by atoms with Crippen LogP contribution in [0.3, 0.4) is 0 Å². The lowest BCUT2D eigenvalue weighted by Crippen LogP contribution is -2.33. The van der Waals surface area contributed by atoms with Gasteiger partial charge in [0.2, 0.25) is 0 Å². The molecule has 0 aromatic carbocycles. The fourth-order valence-electron chi connectivity index (χ4n) is 3.70. The Morgan fingerprint density at radius 1 is 1.31 bits per heavy atom. The molecule has 1 saturated carbocycles. The predicted molar refractivity (Wildman–Crippen MR) is 94.8 cm³/mol. The van der Waals surface area contributed by atoms with Gasteiger partial charge in [0, 0.05) is 18.8 Å². The summed E-state index contributed by atoms with van der Waals surface area (Å²) in [7, 11) is 1.87. The number of aromatic nitrogens is 1. The van der Waals surface area contributed by atoms with Crippen molar-refractivity contribution in [3.05, 3.63) is 51.2 Å². The summed E-state index contributed by atoms with van der Waals surface area (Å²) in [6.45, 7) is 2.99. The van der Waals surface area contributed by atoms with Gasteiger partial charge in [-0.15, -0.1) is 5.06 Å². The summed E-state index contributed by atoms with van der Waals surface area (Å²) in [5, 5.41) is 4.72. The predicted octanol–water partition coefficient (Wildman–Crippen LogP) is 1.99. The molecule has 138 valence electrons. The molecule has 2 aromatic heterocycles. The summed E-state index contributed by atoms with van der Waals surface area (Å²) < 4.78 is 15.1. The van der Waals surface area contributed by atoms with Crippen LogP contribution < -0.4 is 10.9 Å². The monoisotopic (exact) mass is 359 g/mol. The van der Waals surface area contributed by atoms with Crippen LogP contribution in [-0.4, -0.2) is 41.6 Å². The van der Waals surface area contributed by atoms with Gasteiger partial charge in [0.1, 0.15) is 11.4 Å². The van der Waals surface area contributed by atoms with Crippen molar-refractivity contribution in [2.75, 3.05) is 20.1 Å². The molecule has 1 unspecified atom stereocenters. The SMILES string of the molecule is CNC1CCN(OC(=O)c2cc(C3CC3)c3c(C)cc(F)cn3c2=O)C1. The van der Waals surface area contributed by atoms with Crippen LogP contribution in [0.25, 0.3) is 5.52 Å². The fourth-order valence-corrected chi connectivity index (χ4v) is 3.70. The number of hydrogen-bond donors (Lipinski definition) is 1. The molecule has 2 aliphatic rings. The normalized spacial score (nSPS) is 20.7. The zero-order chi connectivity index (χ0) is 18.4. The molecule has 1 N–H and O–H groups in total. The molecule has 0 bridgehead atoms. The van der Waals surface area contributed by atoms with Crippen molar-refractivity contribution in [1.82, 2.24) is 14.8 Å². The molecule has 0 radical (unpaired) electrons. The van der Waals surface area contributed by atoms with Crippen LogP contribution >= 0.6 is 0 Å². The second-order valence-corrected chi connectivity index (χ2v) is 7.19. The Balaban J connectivity index is 1.74. The molecule has 0 amide bonds. The molecule has 1 saturated heterocycles. The van der Waals surface area contributed by atoms with Crippen LogP contribution in [0.2, 0.25) is 0 Å². The molecule has 1 aliphatic carbocycles. The number of carbonyl (C=O) groups is 1. The van der Waals surface area contributed by atoms with E-state index in [1.54, 1.807) is 18.1 Å². The number of fused-ring (bicyclic) bond motifs is 1. The maximum atomic E-state index is 13.9. The molecular formula is C19H22FN3O3. The summed E-state index contributed by atoms with van der Waals surface area (Å²) >= 11 is 0. The number of rotatable bonds is 4. The average molecular weight is 359 g/mol. The first-order valence-corrected chi connectivity index (χ1v) is 8.98. The number of hydrogen-bond acceptors (Lipinski definition) is 5. The summed E-state index contributed by atoms with van der Waals surface area (Å²) in [4.78, 5) is 30.9. The van der Waals surface area contributed by atoms with E-state index in [0.29, 0.717) is 30.1 Å². The lowest BCUT2D eigenvalue weighted by molar-refractivity contribution is -0.0941. The van der Waals surface area contributed by atoms with Crippen molar-refractivity contribution >= 4 is 11.5 Å². The third kappa shape index (κ3) is 3.01. The van der Waals surface area contributed by atoms with E-state index in [-0.39, 0.29) is 11.6 Å². The van der Waals surface area contributed by atoms with Crippen LogP contribution in [0.15, 0.2) is 23.1 Å². The van der Waals surface area contributed by atoms with Gasteiger partial charge in [0.05, 0.1) is 12.1 Å². The van der Waals surface area contributed by atoms with Gasteiger partial charge in [0.25, 0.3) is 5.56 Å². The van der Waals surface area contributed by atoms with Crippen molar-refractivity contribution in [1.29, 1.82) is 0 Å². The Bertz CT molecular complexity index is 936. The lowest BCUT2D eigenvalue weighted by Gasteiger charge is -2.17. The van der Waals surface area contributed by atoms with Crippen molar-refractivity contribution in [2.45, 2.75) is 38.1 Å². The molecule has 3 heterocycles. The minimum absolute atomic E-state index is 0.0395. The quantitative estimate of drug-likeness (QED) is 0.905. The first kappa shape index (κ1) is 17.2. The summed E-state index contributed by atoms with van der Waals surface area (Å²) in [5.41, 5.74) is 1.74. The molecule has 0 spiro atoms. The van der Waals surface area contributed by atoms with Gasteiger partial charge in [-0.05, 0) is 62.4 Å². The van der Waals surface area contributed by atoms with E-state index in [4.69, 9.17) is 4.84 Å². The number of aryl methyl sites for hydroxylation is 1. The van der Waals surface area contributed by atoms with E-state index in [1.165, 1.54) is 10.5 Å². The Labute approximate surface area is 150 Å². The number of hydroxylamine groups is 2. The van der Waals surface area contributed by atoms with E-state index in [2.05, 4.69) is 5.32 Å². The largest absolute Gasteiger partial charge is 0.364 e. The third-order valence-electron chi connectivity index (χ3n) is 5.25. The molecule has 7 heteroatoms. The Hall–Kier alpha value is -2.25. The molecule has 1 atom stereocenters. The molecule has 2 aromatic rings. The Morgan fingerprint density at radius 2 is 2.08 bits per heavy atom. The van der Waals surface area contributed by atoms with E-state index in [0.717, 1.165) is 31.0 Å². The summed E-state index contributed by atoms with van der Waals surface area (Å²) in [6.07, 6.45) is 4.04. The molecule has 6 nitrogen and oxygen atoms in total. The van der Waals surface area contributed by atoms with Gasteiger partial charge in [-0.2, -0.15) is 0 Å². The van der Waals surface area contributed by atoms with Gasteiger partial charge in [-0.3, -0.25) is 9.20 Å². The topological polar surface area (TPSA) is 63.1 Å². The number of carbonyl (C=O) groups excluding carboxylic acids is 1. The maximum absolute atomic E-state index is 13.9. The van der Waals surface area contributed by atoms with E-state index in [1.807, 2.05) is 7.05 Å². The van der Waals surface area contributed by atoms with E-state index < -0.39 is 17.3 Å². The van der Waals surface area contributed by atoms with Crippen LogP contribution in [-0.2, 0) is 4.84 Å². The van der Waals surface area contributed by atoms with Crippen LogP contribution in [0.4, 0.5) is 4.39 Å². The van der Waals surface area contributed by atoms with Gasteiger partial charge in [0.15, 0.2) is 0 Å². The Kier molecular flexibility index (Phi) is 4.28. The zero-order valence-electron chi connectivity index (χ0n) is 14.9. The van der Waals surface area contributed by atoms with Crippen LogP contribution in [0, 0.1) is 12.7 Å². The molecule has 2 fully saturated rings. The van der Waals surface area contributed by atoms with Crippen molar-refractivity contribution < 1.29 is 14.0 Å². The average Bonchev–Trinajstić information content (AvgIpc) is 3.35. The highest BCUT2D eigenvalue weighted by atomic mass is 19.1. The highest BCUT2D eigenvalue weighted by Crippen LogP contribution is 2.42. The van der Waals surface area contributed by atoms with Crippen molar-refractivity contribution in [3.8, 4) is 0 Å². The molecular weight excluding hydrogens is 337 g/mol. The van der Waals surface area contributed by atoms with E-state index in [9.17, 15) is 14.0 Å². The maximum Gasteiger partial charge on any atom is 0.362 e. The minimum Gasteiger partial charge on any atom is -0.364 e. The first-order valence-electron chi connectivity index (χ1n) is 8.98. The van der Waals surface area contributed by atoms with Gasteiger partial charge >= 0.3 is 5.97 Å². The number of likely N-dealkylation sites (N-methyl/N-ethyl adjacent to an activating group) is 1. The highest BCUT2D eigenvalue weighted by Gasteiger charge is 2.31. The molecule has 26 heavy (non-hydrogen) atoms. The standard InChI is InChI=1S/C19H22FN3O3/c1-11-7-13(20)9-23-17(11)15(12-3-4-12)8-16(18(23)24)19(25)26-22-6-5-14(10-22)21-2/h7-9,12,14,21H,3-6,10H2,1-2H3. The lowest BCUT2D eigenvalue weighted by atomic mass is 10.0. The van der Waals surface area contributed by atoms with Gasteiger partial charge in [-0.1, -0.05) is 0 Å². The third-order valence-corrected chi connectivity index (χ3v) is 5.25. The number of nitrogens with one attached hydrogen (secondary N) is 1. The minimum atomic E-state index is -0.676. The zero-order valence-corrected chi connectivity index (χ0v) is 14.9. The fraction of sp³-hybridized carbons (Fsp3) is 0.474. The second kappa shape index (κ2) is 6.48. The second-order valence-electron chi connectivity index (χ2n) is 7.19. The Morgan fingerprint density at radius 3 is 2.73 bits per heavy atom. The van der Waals surface area contributed by atoms with E-state index >= 15 is 0 Å².